The summed E-state index contributed by atoms with van der Waals surface area (Å²) in [7, 11) is 0. The Hall–Kier alpha value is -0.0800. The van der Waals surface area contributed by atoms with Crippen LogP contribution < -0.4 is 5.32 Å². The molecule has 2 heterocycles. The minimum atomic E-state index is 0.952. The van der Waals surface area contributed by atoms with Crippen LogP contribution in [-0.4, -0.2) is 37.6 Å². The fraction of sp³-hybridized carbons (Fsp3) is 1.00. The molecule has 64 valence electrons. The van der Waals surface area contributed by atoms with Crippen LogP contribution >= 0.6 is 0 Å². The molecule has 0 bridgehead atoms. The molecule has 0 unspecified atom stereocenters. The second-order valence-corrected chi connectivity index (χ2v) is 3.87. The summed E-state index contributed by atoms with van der Waals surface area (Å²) in [5, 5.41) is 3.42. The molecule has 0 spiro atoms. The number of likely N-dealkylation sites (tertiary alicyclic amines) is 1. The molecule has 1 N–H and O–H groups in total. The standard InChI is InChI=1S/C9H18N2/c1-2-6-11(5-1)8-9-3-4-10-7-9/h9-10H,1-8H2/t9-/m1/s1. The van der Waals surface area contributed by atoms with Crippen LogP contribution in [0.3, 0.4) is 0 Å². The average Bonchev–Trinajstić information content (AvgIpc) is 2.60. The van der Waals surface area contributed by atoms with E-state index in [1.165, 1.54) is 52.0 Å². The molecule has 11 heavy (non-hydrogen) atoms. The maximum Gasteiger partial charge on any atom is 0.00223 e. The number of nitrogens with one attached hydrogen (secondary N) is 1. The third-order valence-electron chi connectivity index (χ3n) is 2.88. The summed E-state index contributed by atoms with van der Waals surface area (Å²) in [6, 6.07) is 0. The van der Waals surface area contributed by atoms with Gasteiger partial charge < -0.3 is 10.2 Å². The van der Waals surface area contributed by atoms with Crippen molar-refractivity contribution in [2.45, 2.75) is 19.3 Å². The lowest BCUT2D eigenvalue weighted by molar-refractivity contribution is 0.288. The zero-order valence-corrected chi connectivity index (χ0v) is 7.18. The van der Waals surface area contributed by atoms with Gasteiger partial charge in [0.2, 0.25) is 0 Å². The van der Waals surface area contributed by atoms with Crippen molar-refractivity contribution in [1.29, 1.82) is 0 Å². The fourth-order valence-electron chi connectivity index (χ4n) is 2.20. The molecule has 0 aromatic heterocycles. The topological polar surface area (TPSA) is 15.3 Å². The van der Waals surface area contributed by atoms with Gasteiger partial charge in [-0.25, -0.2) is 0 Å². The second-order valence-electron chi connectivity index (χ2n) is 3.87. The number of hydrogen-bond acceptors (Lipinski definition) is 2. The first kappa shape index (κ1) is 7.56. The first-order valence-corrected chi connectivity index (χ1v) is 4.88. The molecule has 2 aliphatic heterocycles. The second kappa shape index (κ2) is 3.55. The molecule has 0 amide bonds. The quantitative estimate of drug-likeness (QED) is 0.629. The van der Waals surface area contributed by atoms with E-state index < -0.39 is 0 Å². The zero-order valence-electron chi connectivity index (χ0n) is 7.18. The normalized spacial score (nSPS) is 33.3. The molecule has 0 aliphatic carbocycles. The lowest BCUT2D eigenvalue weighted by Crippen LogP contribution is -2.27. The molecule has 0 saturated carbocycles. The predicted molar refractivity (Wildman–Crippen MR) is 46.7 cm³/mol. The van der Waals surface area contributed by atoms with Gasteiger partial charge in [-0.15, -0.1) is 0 Å². The maximum atomic E-state index is 3.42. The van der Waals surface area contributed by atoms with E-state index in [-0.39, 0.29) is 0 Å². The van der Waals surface area contributed by atoms with Crippen molar-refractivity contribution in [1.82, 2.24) is 10.2 Å². The molecule has 2 saturated heterocycles. The third kappa shape index (κ3) is 1.94. The number of hydrogen-bond donors (Lipinski definition) is 1. The monoisotopic (exact) mass is 154 g/mol. The Labute approximate surface area is 69.0 Å². The molecule has 0 radical (unpaired) electrons. The fourth-order valence-corrected chi connectivity index (χ4v) is 2.20. The third-order valence-corrected chi connectivity index (χ3v) is 2.88. The molecular weight excluding hydrogens is 136 g/mol. The molecule has 2 rings (SSSR count). The van der Waals surface area contributed by atoms with Gasteiger partial charge in [-0.2, -0.15) is 0 Å². The van der Waals surface area contributed by atoms with Crippen molar-refractivity contribution in [3.63, 3.8) is 0 Å². The summed E-state index contributed by atoms with van der Waals surface area (Å²) in [6.07, 6.45) is 4.26. The molecule has 1 atom stereocenters. The molecule has 0 aromatic carbocycles. The smallest absolute Gasteiger partial charge is 0.00223 e. The Morgan fingerprint density at radius 3 is 2.73 bits per heavy atom. The zero-order chi connectivity index (χ0) is 7.52. The summed E-state index contributed by atoms with van der Waals surface area (Å²) in [5.41, 5.74) is 0. The molecular formula is C9H18N2. The average molecular weight is 154 g/mol. The van der Waals surface area contributed by atoms with E-state index in [4.69, 9.17) is 0 Å². The van der Waals surface area contributed by atoms with Gasteiger partial charge in [0, 0.05) is 6.54 Å². The molecule has 2 fully saturated rings. The Morgan fingerprint density at radius 1 is 1.27 bits per heavy atom. The van der Waals surface area contributed by atoms with Gasteiger partial charge >= 0.3 is 0 Å². The van der Waals surface area contributed by atoms with Gasteiger partial charge in [-0.3, -0.25) is 0 Å². The van der Waals surface area contributed by atoms with Gasteiger partial charge in [0.05, 0.1) is 0 Å². The number of nitrogens with zero attached hydrogens (tertiary/aromatic N) is 1. The van der Waals surface area contributed by atoms with Gasteiger partial charge in [0.15, 0.2) is 0 Å². The van der Waals surface area contributed by atoms with Crippen molar-refractivity contribution in [2.75, 3.05) is 32.7 Å². The van der Waals surface area contributed by atoms with Crippen LogP contribution in [-0.2, 0) is 0 Å². The van der Waals surface area contributed by atoms with Crippen molar-refractivity contribution in [3.05, 3.63) is 0 Å². The van der Waals surface area contributed by atoms with Gasteiger partial charge in [0.25, 0.3) is 0 Å². The summed E-state index contributed by atoms with van der Waals surface area (Å²) >= 11 is 0. The van der Waals surface area contributed by atoms with E-state index in [1.807, 2.05) is 0 Å². The van der Waals surface area contributed by atoms with E-state index >= 15 is 0 Å². The van der Waals surface area contributed by atoms with Crippen LogP contribution in [0, 0.1) is 5.92 Å². The highest BCUT2D eigenvalue weighted by molar-refractivity contribution is 4.76. The minimum Gasteiger partial charge on any atom is -0.316 e. The lowest BCUT2D eigenvalue weighted by Gasteiger charge is -2.18. The summed E-state index contributed by atoms with van der Waals surface area (Å²) in [5.74, 6) is 0.952. The van der Waals surface area contributed by atoms with Crippen LogP contribution in [0.25, 0.3) is 0 Å². The summed E-state index contributed by atoms with van der Waals surface area (Å²) in [6.45, 7) is 6.58. The maximum absolute atomic E-state index is 3.42. The lowest BCUT2D eigenvalue weighted by atomic mass is 10.1. The van der Waals surface area contributed by atoms with Crippen LogP contribution in [0.5, 0.6) is 0 Å². The first-order chi connectivity index (χ1) is 5.45. The van der Waals surface area contributed by atoms with Crippen LogP contribution in [0.2, 0.25) is 0 Å². The molecule has 2 heteroatoms. The highest BCUT2D eigenvalue weighted by Crippen LogP contribution is 2.14. The Morgan fingerprint density at radius 2 is 2.09 bits per heavy atom. The summed E-state index contributed by atoms with van der Waals surface area (Å²) < 4.78 is 0. The van der Waals surface area contributed by atoms with Gasteiger partial charge in [-0.05, 0) is 51.4 Å². The molecule has 0 aromatic rings. The van der Waals surface area contributed by atoms with E-state index in [1.54, 1.807) is 0 Å². The van der Waals surface area contributed by atoms with Crippen LogP contribution in [0.4, 0.5) is 0 Å². The van der Waals surface area contributed by atoms with E-state index in [2.05, 4.69) is 10.2 Å². The van der Waals surface area contributed by atoms with Crippen molar-refractivity contribution >= 4 is 0 Å². The highest BCUT2D eigenvalue weighted by atomic mass is 15.1. The van der Waals surface area contributed by atoms with Crippen molar-refractivity contribution in [3.8, 4) is 0 Å². The molecule has 2 nitrogen and oxygen atoms in total. The first-order valence-electron chi connectivity index (χ1n) is 4.88. The Balaban J connectivity index is 1.71. The van der Waals surface area contributed by atoms with Crippen LogP contribution in [0.15, 0.2) is 0 Å². The minimum absolute atomic E-state index is 0.952. The Bertz CT molecular complexity index is 98.7. The van der Waals surface area contributed by atoms with E-state index in [0.717, 1.165) is 5.92 Å². The van der Waals surface area contributed by atoms with Crippen LogP contribution in [0.1, 0.15) is 19.3 Å². The summed E-state index contributed by atoms with van der Waals surface area (Å²) in [4.78, 5) is 2.62. The van der Waals surface area contributed by atoms with Gasteiger partial charge in [-0.1, -0.05) is 0 Å². The SMILES string of the molecule is C1CCN(C[C@@H]2CCNC2)C1. The highest BCUT2D eigenvalue weighted by Gasteiger charge is 2.19. The predicted octanol–water partition coefficient (Wildman–Crippen LogP) is 0.692. The largest absolute Gasteiger partial charge is 0.316 e. The number of rotatable bonds is 2. The van der Waals surface area contributed by atoms with Gasteiger partial charge in [0.1, 0.15) is 0 Å². The Kier molecular flexibility index (Phi) is 2.44. The van der Waals surface area contributed by atoms with E-state index in [9.17, 15) is 0 Å². The van der Waals surface area contributed by atoms with Crippen molar-refractivity contribution < 1.29 is 0 Å². The van der Waals surface area contributed by atoms with E-state index in [0.29, 0.717) is 0 Å². The van der Waals surface area contributed by atoms with Crippen molar-refractivity contribution in [2.24, 2.45) is 5.92 Å². The molecule has 2 aliphatic rings.